The van der Waals surface area contributed by atoms with Gasteiger partial charge in [-0.05, 0) is 84.0 Å². The van der Waals surface area contributed by atoms with Gasteiger partial charge in [-0.2, -0.15) is 0 Å². The third-order valence-corrected chi connectivity index (χ3v) is 7.47. The smallest absolute Gasteiger partial charge is 0.346 e. The number of aryl methyl sites for hydroxylation is 1. The first-order chi connectivity index (χ1) is 16.8. The minimum absolute atomic E-state index is 0.176. The molecule has 0 bridgehead atoms. The van der Waals surface area contributed by atoms with Gasteiger partial charge in [-0.25, -0.2) is 9.59 Å². The molecule has 4 rings (SSSR count). The zero-order chi connectivity index (χ0) is 26.4. The highest BCUT2D eigenvalue weighted by Crippen LogP contribution is 2.52. The number of hydrogen-bond acceptors (Lipinski definition) is 5. The van der Waals surface area contributed by atoms with Gasteiger partial charge in [0.2, 0.25) is 0 Å². The Bertz CT molecular complexity index is 1390. The van der Waals surface area contributed by atoms with Gasteiger partial charge >= 0.3 is 11.9 Å². The molecule has 186 valence electrons. The SMILES string of the molecule is Cc1cc(-c2cc3c(c([N+](=O)[O-])c2C)C(C)(C)CCC3(C)C)ccc1C(=O)OC(=O)c1ccccc1. The lowest BCUT2D eigenvalue weighted by atomic mass is 9.61. The van der Waals surface area contributed by atoms with E-state index in [1.54, 1.807) is 56.3 Å². The summed E-state index contributed by atoms with van der Waals surface area (Å²) in [5.41, 5.74) is 4.85. The molecule has 0 aliphatic heterocycles. The fraction of sp³-hybridized carbons (Fsp3) is 0.333. The topological polar surface area (TPSA) is 86.5 Å². The predicted molar refractivity (Wildman–Crippen MR) is 139 cm³/mol. The Kier molecular flexibility index (Phi) is 6.33. The number of hydrogen-bond donors (Lipinski definition) is 0. The highest BCUT2D eigenvalue weighted by atomic mass is 16.6. The molecule has 6 nitrogen and oxygen atoms in total. The second-order valence-electron chi connectivity index (χ2n) is 10.9. The Hall–Kier alpha value is -3.80. The Morgan fingerprint density at radius 3 is 2.14 bits per heavy atom. The van der Waals surface area contributed by atoms with E-state index in [1.165, 1.54) is 0 Å². The number of nitro groups is 1. The average molecular weight is 486 g/mol. The number of esters is 2. The van der Waals surface area contributed by atoms with Crippen molar-refractivity contribution in [3.05, 3.63) is 98.1 Å². The number of carbonyl (C=O) groups is 2. The monoisotopic (exact) mass is 485 g/mol. The Labute approximate surface area is 211 Å². The summed E-state index contributed by atoms with van der Waals surface area (Å²) in [5.74, 6) is -1.45. The second-order valence-corrected chi connectivity index (χ2v) is 10.9. The third-order valence-electron chi connectivity index (χ3n) is 7.47. The van der Waals surface area contributed by atoms with Crippen molar-refractivity contribution < 1.29 is 19.2 Å². The van der Waals surface area contributed by atoms with Gasteiger partial charge in [-0.3, -0.25) is 10.1 Å². The van der Waals surface area contributed by atoms with Crippen molar-refractivity contribution >= 4 is 17.6 Å². The molecule has 3 aromatic carbocycles. The molecule has 1 aliphatic rings. The zero-order valence-corrected chi connectivity index (χ0v) is 21.6. The van der Waals surface area contributed by atoms with Crippen LogP contribution in [0.25, 0.3) is 11.1 Å². The molecule has 0 atom stereocenters. The van der Waals surface area contributed by atoms with Crippen LogP contribution in [0.15, 0.2) is 54.6 Å². The molecule has 3 aromatic rings. The van der Waals surface area contributed by atoms with Crippen LogP contribution in [0.4, 0.5) is 5.69 Å². The molecule has 0 spiro atoms. The van der Waals surface area contributed by atoms with Crippen molar-refractivity contribution in [2.24, 2.45) is 0 Å². The van der Waals surface area contributed by atoms with Gasteiger partial charge in [0, 0.05) is 11.1 Å². The van der Waals surface area contributed by atoms with Crippen molar-refractivity contribution in [2.75, 3.05) is 0 Å². The molecular weight excluding hydrogens is 454 g/mol. The maximum absolute atomic E-state index is 12.7. The van der Waals surface area contributed by atoms with Crippen LogP contribution >= 0.6 is 0 Å². The van der Waals surface area contributed by atoms with Crippen LogP contribution < -0.4 is 0 Å². The summed E-state index contributed by atoms with van der Waals surface area (Å²) in [5, 5.41) is 12.3. The van der Waals surface area contributed by atoms with Gasteiger partial charge in [0.1, 0.15) is 0 Å². The minimum Gasteiger partial charge on any atom is -0.386 e. The maximum atomic E-state index is 12.7. The van der Waals surface area contributed by atoms with Gasteiger partial charge in [-0.1, -0.05) is 58.0 Å². The van der Waals surface area contributed by atoms with Gasteiger partial charge < -0.3 is 4.74 Å². The summed E-state index contributed by atoms with van der Waals surface area (Å²) in [6.07, 6.45) is 1.82. The van der Waals surface area contributed by atoms with E-state index in [2.05, 4.69) is 33.8 Å². The fourth-order valence-corrected chi connectivity index (χ4v) is 5.23. The minimum atomic E-state index is -0.732. The quantitative estimate of drug-likeness (QED) is 0.168. The number of benzene rings is 3. The van der Waals surface area contributed by atoms with Crippen LogP contribution in [0.2, 0.25) is 0 Å². The highest BCUT2D eigenvalue weighted by molar-refractivity contribution is 6.03. The summed E-state index contributed by atoms with van der Waals surface area (Å²) in [4.78, 5) is 37.1. The van der Waals surface area contributed by atoms with E-state index in [0.29, 0.717) is 16.7 Å². The summed E-state index contributed by atoms with van der Waals surface area (Å²) in [6.45, 7) is 12.0. The third kappa shape index (κ3) is 4.43. The molecule has 36 heavy (non-hydrogen) atoms. The first kappa shape index (κ1) is 25.3. The van der Waals surface area contributed by atoms with Gasteiger partial charge in [0.15, 0.2) is 0 Å². The molecule has 0 radical (unpaired) electrons. The molecule has 0 aromatic heterocycles. The maximum Gasteiger partial charge on any atom is 0.346 e. The number of fused-ring (bicyclic) bond motifs is 1. The molecule has 6 heteroatoms. The molecule has 0 unspecified atom stereocenters. The number of rotatable bonds is 4. The molecule has 0 saturated carbocycles. The van der Waals surface area contributed by atoms with Crippen LogP contribution in [0.5, 0.6) is 0 Å². The first-order valence-corrected chi connectivity index (χ1v) is 12.1. The van der Waals surface area contributed by atoms with E-state index < -0.39 is 11.9 Å². The lowest BCUT2D eigenvalue weighted by molar-refractivity contribution is -0.386. The fourth-order valence-electron chi connectivity index (χ4n) is 5.23. The van der Waals surface area contributed by atoms with E-state index in [0.717, 1.165) is 35.1 Å². The molecule has 0 heterocycles. The van der Waals surface area contributed by atoms with Gasteiger partial charge in [0.05, 0.1) is 16.1 Å². The van der Waals surface area contributed by atoms with Crippen molar-refractivity contribution in [3.8, 4) is 11.1 Å². The van der Waals surface area contributed by atoms with E-state index in [9.17, 15) is 19.7 Å². The van der Waals surface area contributed by atoms with Crippen molar-refractivity contribution in [1.29, 1.82) is 0 Å². The van der Waals surface area contributed by atoms with Crippen LogP contribution in [0, 0.1) is 24.0 Å². The predicted octanol–water partition coefficient (Wildman–Crippen LogP) is 7.22. The van der Waals surface area contributed by atoms with Crippen LogP contribution in [0.1, 0.15) is 83.5 Å². The summed E-state index contributed by atoms with van der Waals surface area (Å²) >= 11 is 0. The Balaban J connectivity index is 1.77. The van der Waals surface area contributed by atoms with Crippen LogP contribution in [-0.2, 0) is 15.6 Å². The molecule has 0 fully saturated rings. The van der Waals surface area contributed by atoms with E-state index in [-0.39, 0.29) is 27.0 Å². The lowest BCUT2D eigenvalue weighted by Crippen LogP contribution is -2.35. The lowest BCUT2D eigenvalue weighted by Gasteiger charge is -2.41. The van der Waals surface area contributed by atoms with Crippen LogP contribution in [0.3, 0.4) is 0 Å². The molecule has 0 saturated heterocycles. The number of carbonyl (C=O) groups excluding carboxylic acids is 2. The Morgan fingerprint density at radius 1 is 0.889 bits per heavy atom. The van der Waals surface area contributed by atoms with E-state index in [1.807, 2.05) is 6.07 Å². The van der Waals surface area contributed by atoms with Crippen molar-refractivity contribution in [3.63, 3.8) is 0 Å². The van der Waals surface area contributed by atoms with Gasteiger partial charge in [-0.15, -0.1) is 0 Å². The van der Waals surface area contributed by atoms with E-state index >= 15 is 0 Å². The van der Waals surface area contributed by atoms with Crippen molar-refractivity contribution in [1.82, 2.24) is 0 Å². The first-order valence-electron chi connectivity index (χ1n) is 12.1. The number of ether oxygens (including phenoxy) is 1. The van der Waals surface area contributed by atoms with Gasteiger partial charge in [0.25, 0.3) is 5.69 Å². The average Bonchev–Trinajstić information content (AvgIpc) is 2.81. The molecule has 0 N–H and O–H groups in total. The molecule has 0 amide bonds. The molecular formula is C30H31NO5. The van der Waals surface area contributed by atoms with Crippen LogP contribution in [-0.4, -0.2) is 16.9 Å². The largest absolute Gasteiger partial charge is 0.386 e. The second kappa shape index (κ2) is 9.01. The standard InChI is InChI=1S/C30H31NO5/c1-18-16-21(12-13-22(18)28(33)36-27(32)20-10-8-7-9-11-20)23-17-24-25(26(19(23)2)31(34)35)30(5,6)15-14-29(24,3)4/h7-13,16-17H,14-15H2,1-6H3. The summed E-state index contributed by atoms with van der Waals surface area (Å²) < 4.78 is 5.08. The van der Waals surface area contributed by atoms with Crippen molar-refractivity contribution in [2.45, 2.75) is 65.2 Å². The summed E-state index contributed by atoms with van der Waals surface area (Å²) in [7, 11) is 0. The normalized spacial score (nSPS) is 15.6. The highest BCUT2D eigenvalue weighted by Gasteiger charge is 2.43. The number of nitro benzene ring substituents is 1. The van der Waals surface area contributed by atoms with E-state index in [4.69, 9.17) is 4.74 Å². The molecule has 1 aliphatic carbocycles. The Morgan fingerprint density at radius 2 is 1.53 bits per heavy atom. The zero-order valence-electron chi connectivity index (χ0n) is 21.6. The summed E-state index contributed by atoms with van der Waals surface area (Å²) in [6, 6.07) is 15.6. The number of nitrogens with zero attached hydrogens (tertiary/aromatic N) is 1.